The van der Waals surface area contributed by atoms with Gasteiger partial charge in [-0.1, -0.05) is 176 Å². The Kier molecular flexibility index (Phi) is 7.89. The standard InChI is InChI=1S/C58H36N2/c1-3-13-39(14-4-1)54-47-17-7-8-18-48(47)55(40-15-5-2-6-16-40)58-50-33-32-45(46-19-11-20-49(56(46)50)57(54)58)38-26-24-37(25-27-38)41-28-29-43-36-44(31-30-42(43)35-41)51-22-12-23-53(60-51)52-21-9-10-34-59-52/h1-36H. The largest absolute Gasteiger partial charge is 0.255 e. The predicted molar refractivity (Wildman–Crippen MR) is 252 cm³/mol. The number of hydrogen-bond acceptors (Lipinski definition) is 2. The molecule has 9 aromatic carbocycles. The summed E-state index contributed by atoms with van der Waals surface area (Å²) in [4.78, 5) is 9.44. The Hall–Kier alpha value is -7.94. The molecule has 0 N–H and O–H groups in total. The maximum Gasteiger partial charge on any atom is 0.0893 e. The van der Waals surface area contributed by atoms with Crippen LogP contribution in [0.4, 0.5) is 0 Å². The van der Waals surface area contributed by atoms with Gasteiger partial charge < -0.3 is 0 Å². The van der Waals surface area contributed by atoms with Crippen molar-refractivity contribution < 1.29 is 0 Å². The van der Waals surface area contributed by atoms with Crippen LogP contribution in [0.3, 0.4) is 0 Å². The lowest BCUT2D eigenvalue weighted by Crippen LogP contribution is -1.93. The number of nitrogens with zero attached hydrogens (tertiary/aromatic N) is 2. The summed E-state index contributed by atoms with van der Waals surface area (Å²) in [5.74, 6) is 0. The van der Waals surface area contributed by atoms with Crippen molar-refractivity contribution in [3.05, 3.63) is 219 Å². The molecular formula is C58H36N2. The summed E-state index contributed by atoms with van der Waals surface area (Å²) < 4.78 is 0. The molecule has 2 nitrogen and oxygen atoms in total. The van der Waals surface area contributed by atoms with Crippen molar-refractivity contribution in [2.45, 2.75) is 0 Å². The lowest BCUT2D eigenvalue weighted by atomic mass is 9.82. The number of aromatic nitrogens is 2. The fourth-order valence-electron chi connectivity index (χ4n) is 9.54. The molecule has 0 amide bonds. The number of hydrogen-bond donors (Lipinski definition) is 0. The third-order valence-electron chi connectivity index (χ3n) is 12.3. The van der Waals surface area contributed by atoms with E-state index in [1.54, 1.807) is 0 Å². The Morgan fingerprint density at radius 3 is 1.47 bits per heavy atom. The highest BCUT2D eigenvalue weighted by atomic mass is 14.8. The third kappa shape index (κ3) is 5.50. The van der Waals surface area contributed by atoms with Crippen LogP contribution in [0.25, 0.3) is 122 Å². The normalized spacial score (nSPS) is 11.7. The molecule has 2 heterocycles. The van der Waals surface area contributed by atoms with Crippen LogP contribution in [0.2, 0.25) is 0 Å². The maximum absolute atomic E-state index is 4.94. The van der Waals surface area contributed by atoms with E-state index >= 15 is 0 Å². The van der Waals surface area contributed by atoms with Crippen molar-refractivity contribution in [1.29, 1.82) is 0 Å². The summed E-state index contributed by atoms with van der Waals surface area (Å²) in [6.07, 6.45) is 1.81. The zero-order valence-corrected chi connectivity index (χ0v) is 32.7. The summed E-state index contributed by atoms with van der Waals surface area (Å²) in [6, 6.07) is 76.9. The van der Waals surface area contributed by atoms with Crippen molar-refractivity contribution in [3.63, 3.8) is 0 Å². The van der Waals surface area contributed by atoms with Gasteiger partial charge in [0.1, 0.15) is 0 Å². The summed E-state index contributed by atoms with van der Waals surface area (Å²) in [6.45, 7) is 0. The van der Waals surface area contributed by atoms with E-state index in [4.69, 9.17) is 4.98 Å². The van der Waals surface area contributed by atoms with Crippen LogP contribution >= 0.6 is 0 Å². The maximum atomic E-state index is 4.94. The van der Waals surface area contributed by atoms with Gasteiger partial charge in [0, 0.05) is 11.8 Å². The van der Waals surface area contributed by atoms with Gasteiger partial charge in [-0.2, -0.15) is 0 Å². The minimum absolute atomic E-state index is 0.872. The quantitative estimate of drug-likeness (QED) is 0.169. The van der Waals surface area contributed by atoms with E-state index < -0.39 is 0 Å². The topological polar surface area (TPSA) is 25.8 Å². The summed E-state index contributed by atoms with van der Waals surface area (Å²) in [5.41, 5.74) is 18.9. The zero-order chi connectivity index (χ0) is 39.6. The van der Waals surface area contributed by atoms with E-state index in [0.29, 0.717) is 0 Å². The lowest BCUT2D eigenvalue weighted by Gasteiger charge is -2.20. The van der Waals surface area contributed by atoms with Crippen LogP contribution < -0.4 is 0 Å². The second kappa shape index (κ2) is 13.9. The average Bonchev–Trinajstić information content (AvgIpc) is 3.66. The molecule has 0 atom stereocenters. The monoisotopic (exact) mass is 760 g/mol. The van der Waals surface area contributed by atoms with Gasteiger partial charge in [0.15, 0.2) is 0 Å². The Labute approximate surface area is 348 Å². The van der Waals surface area contributed by atoms with E-state index in [-0.39, 0.29) is 0 Å². The number of benzene rings is 9. The van der Waals surface area contributed by atoms with Gasteiger partial charge >= 0.3 is 0 Å². The van der Waals surface area contributed by atoms with E-state index in [9.17, 15) is 0 Å². The Balaban J connectivity index is 0.939. The molecule has 11 aromatic rings. The van der Waals surface area contributed by atoms with Crippen molar-refractivity contribution >= 4 is 32.3 Å². The third-order valence-corrected chi connectivity index (χ3v) is 12.3. The fourth-order valence-corrected chi connectivity index (χ4v) is 9.54. The first-order valence-corrected chi connectivity index (χ1v) is 20.6. The minimum Gasteiger partial charge on any atom is -0.255 e. The summed E-state index contributed by atoms with van der Waals surface area (Å²) in [7, 11) is 0. The molecular weight excluding hydrogens is 725 g/mol. The Bertz CT molecular complexity index is 3350. The summed E-state index contributed by atoms with van der Waals surface area (Å²) >= 11 is 0. The highest BCUT2D eigenvalue weighted by molar-refractivity contribution is 6.28. The van der Waals surface area contributed by atoms with Gasteiger partial charge in [-0.25, -0.2) is 4.98 Å². The van der Waals surface area contributed by atoms with Crippen molar-refractivity contribution in [2.24, 2.45) is 0 Å². The van der Waals surface area contributed by atoms with Gasteiger partial charge in [0.05, 0.1) is 17.1 Å². The van der Waals surface area contributed by atoms with Crippen LogP contribution in [0.1, 0.15) is 0 Å². The fraction of sp³-hybridized carbons (Fsp3) is 0. The first-order chi connectivity index (χ1) is 29.8. The first kappa shape index (κ1) is 34.1. The van der Waals surface area contributed by atoms with Gasteiger partial charge in [0.2, 0.25) is 0 Å². The minimum atomic E-state index is 0.872. The molecule has 12 rings (SSSR count). The number of fused-ring (bicyclic) bond motifs is 5. The molecule has 1 aliphatic carbocycles. The molecule has 0 fully saturated rings. The molecule has 0 saturated heterocycles. The smallest absolute Gasteiger partial charge is 0.0893 e. The van der Waals surface area contributed by atoms with Crippen LogP contribution in [0.15, 0.2) is 219 Å². The van der Waals surface area contributed by atoms with E-state index in [2.05, 4.69) is 193 Å². The van der Waals surface area contributed by atoms with Crippen LogP contribution in [-0.2, 0) is 0 Å². The molecule has 0 spiro atoms. The highest BCUT2D eigenvalue weighted by Gasteiger charge is 2.31. The van der Waals surface area contributed by atoms with E-state index in [1.807, 2.05) is 30.5 Å². The molecule has 0 bridgehead atoms. The van der Waals surface area contributed by atoms with E-state index in [1.165, 1.54) is 99.1 Å². The molecule has 2 heteroatoms. The van der Waals surface area contributed by atoms with Crippen LogP contribution in [-0.4, -0.2) is 9.97 Å². The Morgan fingerprint density at radius 1 is 0.267 bits per heavy atom. The highest BCUT2D eigenvalue weighted by Crippen LogP contribution is 2.58. The van der Waals surface area contributed by atoms with Crippen molar-refractivity contribution in [2.75, 3.05) is 0 Å². The molecule has 0 unspecified atom stereocenters. The molecule has 0 aliphatic heterocycles. The Morgan fingerprint density at radius 2 is 0.783 bits per heavy atom. The molecule has 2 aromatic heterocycles. The predicted octanol–water partition coefficient (Wildman–Crippen LogP) is 15.6. The number of rotatable bonds is 6. The summed E-state index contributed by atoms with van der Waals surface area (Å²) in [5, 5.41) is 7.54. The average molecular weight is 761 g/mol. The van der Waals surface area contributed by atoms with Gasteiger partial charge in [-0.15, -0.1) is 0 Å². The number of pyridine rings is 2. The van der Waals surface area contributed by atoms with Crippen LogP contribution in [0.5, 0.6) is 0 Å². The van der Waals surface area contributed by atoms with Gasteiger partial charge in [-0.05, 0) is 135 Å². The molecule has 1 aliphatic rings. The second-order valence-electron chi connectivity index (χ2n) is 15.6. The zero-order valence-electron chi connectivity index (χ0n) is 32.7. The van der Waals surface area contributed by atoms with Gasteiger partial charge in [0.25, 0.3) is 0 Å². The lowest BCUT2D eigenvalue weighted by molar-refractivity contribution is 1.25. The second-order valence-corrected chi connectivity index (χ2v) is 15.6. The molecule has 60 heavy (non-hydrogen) atoms. The molecule has 0 radical (unpaired) electrons. The van der Waals surface area contributed by atoms with Crippen molar-refractivity contribution in [3.8, 4) is 89.4 Å². The van der Waals surface area contributed by atoms with E-state index in [0.717, 1.165) is 22.6 Å². The molecule has 278 valence electrons. The first-order valence-electron chi connectivity index (χ1n) is 20.6. The van der Waals surface area contributed by atoms with Crippen molar-refractivity contribution in [1.82, 2.24) is 9.97 Å². The van der Waals surface area contributed by atoms with Gasteiger partial charge in [-0.3, -0.25) is 4.98 Å². The molecule has 0 saturated carbocycles. The van der Waals surface area contributed by atoms with Crippen LogP contribution in [0, 0.1) is 0 Å². The SMILES string of the molecule is c1ccc(-c2c3c(c(-c4ccccc4)c4ccccc24)-c2ccc(-c4ccc(-c5ccc6cc(-c7cccc(-c8ccccn8)n7)ccc6c5)cc4)c4cccc-3c24)cc1.